The highest BCUT2D eigenvalue weighted by atomic mass is 16.5. The topological polar surface area (TPSA) is 21.3 Å². The van der Waals surface area contributed by atoms with Crippen LogP contribution in [0, 0.1) is 0 Å². The minimum absolute atomic E-state index is 0.314. The Hall–Kier alpha value is -0.860. The van der Waals surface area contributed by atoms with Crippen molar-refractivity contribution in [1.82, 2.24) is 5.32 Å². The van der Waals surface area contributed by atoms with Crippen LogP contribution >= 0.6 is 0 Å². The summed E-state index contributed by atoms with van der Waals surface area (Å²) in [7, 11) is 2.01. The summed E-state index contributed by atoms with van der Waals surface area (Å²) in [5, 5.41) is 3.35. The van der Waals surface area contributed by atoms with Gasteiger partial charge in [-0.1, -0.05) is 56.0 Å². The zero-order chi connectivity index (χ0) is 12.6. The zero-order valence-corrected chi connectivity index (χ0v) is 11.4. The fourth-order valence-corrected chi connectivity index (χ4v) is 2.67. The van der Waals surface area contributed by atoms with E-state index in [1.54, 1.807) is 0 Å². The number of ether oxygens (including phenoxy) is 1. The SMILES string of the molecule is CNC(COC1CCCCCC1)c1ccccc1. The second-order valence-corrected chi connectivity index (χ2v) is 5.20. The molecule has 0 aliphatic heterocycles. The molecule has 1 aromatic carbocycles. The van der Waals surface area contributed by atoms with Gasteiger partial charge in [-0.05, 0) is 25.5 Å². The van der Waals surface area contributed by atoms with Crippen LogP contribution in [-0.2, 0) is 4.74 Å². The predicted molar refractivity (Wildman–Crippen MR) is 75.7 cm³/mol. The summed E-state index contributed by atoms with van der Waals surface area (Å²) < 4.78 is 6.11. The standard InChI is InChI=1S/C16H25NO/c1-17-16(14-9-5-4-6-10-14)13-18-15-11-7-2-3-8-12-15/h4-6,9-10,15-17H,2-3,7-8,11-13H2,1H3. The van der Waals surface area contributed by atoms with Crippen molar-refractivity contribution in [2.75, 3.05) is 13.7 Å². The number of likely N-dealkylation sites (N-methyl/N-ethyl adjacent to an activating group) is 1. The maximum absolute atomic E-state index is 6.11. The Bertz CT molecular complexity index is 317. The van der Waals surface area contributed by atoms with E-state index in [-0.39, 0.29) is 0 Å². The molecule has 0 radical (unpaired) electrons. The van der Waals surface area contributed by atoms with Gasteiger partial charge in [-0.25, -0.2) is 0 Å². The van der Waals surface area contributed by atoms with Crippen molar-refractivity contribution in [3.63, 3.8) is 0 Å². The van der Waals surface area contributed by atoms with Gasteiger partial charge in [-0.15, -0.1) is 0 Å². The van der Waals surface area contributed by atoms with Gasteiger partial charge in [0.05, 0.1) is 18.8 Å². The van der Waals surface area contributed by atoms with Gasteiger partial charge in [0.15, 0.2) is 0 Å². The lowest BCUT2D eigenvalue weighted by atomic mass is 10.1. The highest BCUT2D eigenvalue weighted by Crippen LogP contribution is 2.21. The molecule has 0 aromatic heterocycles. The highest BCUT2D eigenvalue weighted by Gasteiger charge is 2.15. The van der Waals surface area contributed by atoms with E-state index < -0.39 is 0 Å². The Morgan fingerprint density at radius 2 is 1.78 bits per heavy atom. The van der Waals surface area contributed by atoms with Crippen LogP contribution in [0.2, 0.25) is 0 Å². The normalized spacial score (nSPS) is 19.4. The van der Waals surface area contributed by atoms with Gasteiger partial charge in [0.2, 0.25) is 0 Å². The summed E-state index contributed by atoms with van der Waals surface area (Å²) in [4.78, 5) is 0. The molecular weight excluding hydrogens is 222 g/mol. The molecule has 1 unspecified atom stereocenters. The molecule has 0 amide bonds. The van der Waals surface area contributed by atoms with Gasteiger partial charge in [0.1, 0.15) is 0 Å². The van der Waals surface area contributed by atoms with E-state index >= 15 is 0 Å². The van der Waals surface area contributed by atoms with Gasteiger partial charge >= 0.3 is 0 Å². The molecule has 1 N–H and O–H groups in total. The molecule has 0 spiro atoms. The average molecular weight is 247 g/mol. The van der Waals surface area contributed by atoms with Crippen LogP contribution in [0.15, 0.2) is 30.3 Å². The molecule has 0 saturated heterocycles. The molecule has 1 aliphatic rings. The smallest absolute Gasteiger partial charge is 0.0665 e. The fraction of sp³-hybridized carbons (Fsp3) is 0.625. The maximum atomic E-state index is 6.11. The minimum Gasteiger partial charge on any atom is -0.376 e. The van der Waals surface area contributed by atoms with Crippen LogP contribution in [0.5, 0.6) is 0 Å². The number of hydrogen-bond acceptors (Lipinski definition) is 2. The molecule has 18 heavy (non-hydrogen) atoms. The molecule has 0 heterocycles. The first-order valence-electron chi connectivity index (χ1n) is 7.24. The van der Waals surface area contributed by atoms with E-state index in [4.69, 9.17) is 4.74 Å². The summed E-state index contributed by atoms with van der Waals surface area (Å²) in [6.07, 6.45) is 8.39. The number of rotatable bonds is 5. The monoisotopic (exact) mass is 247 g/mol. The molecule has 1 aromatic rings. The fourth-order valence-electron chi connectivity index (χ4n) is 2.67. The summed E-state index contributed by atoms with van der Waals surface area (Å²) in [5.41, 5.74) is 1.31. The van der Waals surface area contributed by atoms with Crippen LogP contribution in [0.4, 0.5) is 0 Å². The van der Waals surface area contributed by atoms with Crippen LogP contribution in [-0.4, -0.2) is 19.8 Å². The predicted octanol–water partition coefficient (Wildman–Crippen LogP) is 3.69. The first-order chi connectivity index (χ1) is 8.90. The van der Waals surface area contributed by atoms with Crippen LogP contribution in [0.1, 0.15) is 50.1 Å². The van der Waals surface area contributed by atoms with Crippen molar-refractivity contribution in [2.45, 2.75) is 50.7 Å². The van der Waals surface area contributed by atoms with Crippen molar-refractivity contribution in [1.29, 1.82) is 0 Å². The summed E-state index contributed by atoms with van der Waals surface area (Å²) in [6.45, 7) is 0.783. The minimum atomic E-state index is 0.314. The van der Waals surface area contributed by atoms with Crippen molar-refractivity contribution in [3.8, 4) is 0 Å². The summed E-state index contributed by atoms with van der Waals surface area (Å²) in [5.74, 6) is 0. The zero-order valence-electron chi connectivity index (χ0n) is 11.4. The molecule has 100 valence electrons. The largest absolute Gasteiger partial charge is 0.376 e. The third-order valence-corrected chi connectivity index (χ3v) is 3.85. The highest BCUT2D eigenvalue weighted by molar-refractivity contribution is 5.18. The quantitative estimate of drug-likeness (QED) is 0.801. The molecule has 2 nitrogen and oxygen atoms in total. The lowest BCUT2D eigenvalue weighted by Gasteiger charge is -2.21. The van der Waals surface area contributed by atoms with E-state index in [2.05, 4.69) is 35.6 Å². The third-order valence-electron chi connectivity index (χ3n) is 3.85. The van der Waals surface area contributed by atoms with Gasteiger partial charge in [-0.2, -0.15) is 0 Å². The van der Waals surface area contributed by atoms with E-state index in [0.29, 0.717) is 12.1 Å². The van der Waals surface area contributed by atoms with Crippen LogP contribution in [0.25, 0.3) is 0 Å². The Morgan fingerprint density at radius 1 is 1.11 bits per heavy atom. The number of benzene rings is 1. The second kappa shape index (κ2) is 7.55. The Morgan fingerprint density at radius 3 is 2.39 bits per heavy atom. The molecule has 1 fully saturated rings. The summed E-state index contributed by atoms with van der Waals surface area (Å²) >= 11 is 0. The first-order valence-corrected chi connectivity index (χ1v) is 7.24. The number of nitrogens with one attached hydrogen (secondary N) is 1. The Labute approximate surface area is 111 Å². The first kappa shape index (κ1) is 13.6. The van der Waals surface area contributed by atoms with Gasteiger partial charge in [0.25, 0.3) is 0 Å². The van der Waals surface area contributed by atoms with Crippen LogP contribution in [0.3, 0.4) is 0 Å². The molecule has 1 saturated carbocycles. The molecule has 2 heteroatoms. The average Bonchev–Trinajstić information content (AvgIpc) is 2.69. The van der Waals surface area contributed by atoms with E-state index in [0.717, 1.165) is 6.61 Å². The molecule has 1 atom stereocenters. The lowest BCUT2D eigenvalue weighted by molar-refractivity contribution is 0.0300. The van der Waals surface area contributed by atoms with Gasteiger partial charge in [0, 0.05) is 0 Å². The van der Waals surface area contributed by atoms with Crippen molar-refractivity contribution in [2.24, 2.45) is 0 Å². The van der Waals surface area contributed by atoms with Gasteiger partial charge in [-0.3, -0.25) is 0 Å². The van der Waals surface area contributed by atoms with Crippen LogP contribution < -0.4 is 5.32 Å². The third kappa shape index (κ3) is 4.11. The van der Waals surface area contributed by atoms with Crippen molar-refractivity contribution >= 4 is 0 Å². The Balaban J connectivity index is 1.83. The Kier molecular flexibility index (Phi) is 5.69. The molecule has 0 bridgehead atoms. The summed E-state index contributed by atoms with van der Waals surface area (Å²) in [6, 6.07) is 10.9. The molecule has 2 rings (SSSR count). The second-order valence-electron chi connectivity index (χ2n) is 5.20. The molecular formula is C16H25NO. The lowest BCUT2D eigenvalue weighted by Crippen LogP contribution is -2.25. The van der Waals surface area contributed by atoms with E-state index in [1.165, 1.54) is 44.1 Å². The van der Waals surface area contributed by atoms with Gasteiger partial charge < -0.3 is 10.1 Å². The van der Waals surface area contributed by atoms with Crippen molar-refractivity contribution in [3.05, 3.63) is 35.9 Å². The maximum Gasteiger partial charge on any atom is 0.0665 e. The van der Waals surface area contributed by atoms with Crippen molar-refractivity contribution < 1.29 is 4.74 Å². The number of hydrogen-bond donors (Lipinski definition) is 1. The molecule has 1 aliphatic carbocycles. The van der Waals surface area contributed by atoms with E-state index in [9.17, 15) is 0 Å². The van der Waals surface area contributed by atoms with E-state index in [1.807, 2.05) is 7.05 Å².